The monoisotopic (exact) mass is 422 g/mol. The van der Waals surface area contributed by atoms with E-state index in [4.69, 9.17) is 4.84 Å². The zero-order chi connectivity index (χ0) is 20.5. The van der Waals surface area contributed by atoms with Crippen LogP contribution in [0.15, 0.2) is 0 Å². The van der Waals surface area contributed by atoms with Gasteiger partial charge in [-0.05, 0) is 12.8 Å². The minimum atomic E-state index is 0.120. The first-order valence-electron chi connectivity index (χ1n) is 12.5. The lowest BCUT2D eigenvalue weighted by atomic mass is 9.92. The number of nitrogens with two attached hydrogens (primary N) is 1. The maximum Gasteiger partial charge on any atom is 0.219 e. The van der Waals surface area contributed by atoms with Crippen molar-refractivity contribution in [3.8, 4) is 0 Å². The molecule has 0 aliphatic carbocycles. The number of rotatable bonds is 4. The fraction of sp³-hybridized carbons (Fsp3) is 0.955. The van der Waals surface area contributed by atoms with Crippen LogP contribution in [0.1, 0.15) is 58.3 Å². The summed E-state index contributed by atoms with van der Waals surface area (Å²) in [5, 5.41) is 6.42. The molecule has 5 N–H and O–H groups in total. The van der Waals surface area contributed by atoms with Gasteiger partial charge in [-0.1, -0.05) is 0 Å². The van der Waals surface area contributed by atoms with Gasteiger partial charge in [-0.15, -0.1) is 0 Å². The number of likely N-dealkylation sites (tertiary alicyclic amines) is 3. The number of nitrogens with zero attached hydrogens (tertiary/aromatic N) is 2. The Bertz CT molecular complexity index is 592. The molecule has 5 rings (SSSR count). The molecule has 5 aliphatic heterocycles. The van der Waals surface area contributed by atoms with E-state index in [2.05, 4.69) is 21.0 Å². The Kier molecular flexibility index (Phi) is 6.60. The van der Waals surface area contributed by atoms with Gasteiger partial charge in [-0.2, -0.15) is 5.48 Å². The number of quaternary nitrogens is 2. The molecule has 0 spiro atoms. The Morgan fingerprint density at radius 2 is 1.87 bits per heavy atom. The van der Waals surface area contributed by atoms with Gasteiger partial charge in [0, 0.05) is 77.5 Å². The summed E-state index contributed by atoms with van der Waals surface area (Å²) in [5.41, 5.74) is 3.40. The lowest BCUT2D eigenvalue weighted by molar-refractivity contribution is -0.942. The molecule has 8 heteroatoms. The first-order valence-corrected chi connectivity index (χ1v) is 12.5. The average molecular weight is 423 g/mol. The molecule has 30 heavy (non-hydrogen) atoms. The number of hydrogen-bond donors (Lipinski definition) is 4. The van der Waals surface area contributed by atoms with Gasteiger partial charge >= 0.3 is 0 Å². The van der Waals surface area contributed by atoms with Crippen LogP contribution in [0, 0.1) is 5.92 Å². The molecule has 0 aromatic heterocycles. The molecule has 8 nitrogen and oxygen atoms in total. The smallest absolute Gasteiger partial charge is 0.219 e. The highest BCUT2D eigenvalue weighted by Gasteiger charge is 2.46. The largest absolute Gasteiger partial charge is 0.342 e. The second kappa shape index (κ2) is 9.38. The molecule has 6 atom stereocenters. The van der Waals surface area contributed by atoms with Crippen molar-refractivity contribution < 1.29 is 19.8 Å². The van der Waals surface area contributed by atoms with Crippen LogP contribution in [0.2, 0.25) is 0 Å². The predicted molar refractivity (Wildman–Crippen MR) is 113 cm³/mol. The van der Waals surface area contributed by atoms with Crippen molar-refractivity contribution in [3.63, 3.8) is 0 Å². The summed E-state index contributed by atoms with van der Waals surface area (Å²) in [4.78, 5) is 24.3. The summed E-state index contributed by atoms with van der Waals surface area (Å²) < 4.78 is 0. The molecule has 6 unspecified atom stereocenters. The minimum absolute atomic E-state index is 0.120. The summed E-state index contributed by atoms with van der Waals surface area (Å²) in [7, 11) is 0. The van der Waals surface area contributed by atoms with E-state index in [0.29, 0.717) is 24.2 Å². The Morgan fingerprint density at radius 1 is 1.07 bits per heavy atom. The molecular weight excluding hydrogens is 380 g/mol. The third-order valence-corrected chi connectivity index (χ3v) is 8.55. The number of amides is 1. The summed E-state index contributed by atoms with van der Waals surface area (Å²) in [6, 6.07) is 1.20. The number of nitrogens with one attached hydrogen (secondary N) is 3. The van der Waals surface area contributed by atoms with Crippen molar-refractivity contribution in [2.45, 2.75) is 88.9 Å². The summed E-state index contributed by atoms with van der Waals surface area (Å²) in [5.74, 6) is 0.875. The molecule has 0 saturated carbocycles. The van der Waals surface area contributed by atoms with Crippen LogP contribution >= 0.6 is 0 Å². The Morgan fingerprint density at radius 3 is 2.63 bits per heavy atom. The van der Waals surface area contributed by atoms with Crippen LogP contribution in [0.25, 0.3) is 0 Å². The summed E-state index contributed by atoms with van der Waals surface area (Å²) in [6.45, 7) is 8.58. The fourth-order valence-electron chi connectivity index (χ4n) is 6.84. The van der Waals surface area contributed by atoms with Crippen LogP contribution in [-0.4, -0.2) is 85.6 Å². The highest BCUT2D eigenvalue weighted by Crippen LogP contribution is 2.24. The first-order chi connectivity index (χ1) is 14.7. The van der Waals surface area contributed by atoms with E-state index in [1.165, 1.54) is 64.7 Å². The van der Waals surface area contributed by atoms with Crippen molar-refractivity contribution in [1.82, 2.24) is 20.6 Å². The predicted octanol–water partition coefficient (Wildman–Crippen LogP) is -1.78. The second-order valence-electron chi connectivity index (χ2n) is 10.3. The Labute approximate surface area is 181 Å². The number of hydroxylamine groups is 1. The number of hydrogen-bond acceptors (Lipinski definition) is 5. The van der Waals surface area contributed by atoms with Gasteiger partial charge < -0.3 is 15.1 Å². The van der Waals surface area contributed by atoms with E-state index >= 15 is 0 Å². The summed E-state index contributed by atoms with van der Waals surface area (Å²) in [6.07, 6.45) is 11.1. The van der Waals surface area contributed by atoms with Crippen LogP contribution in [-0.2, 0) is 9.63 Å². The molecule has 0 radical (unpaired) electrons. The van der Waals surface area contributed by atoms with Gasteiger partial charge in [-0.25, -0.2) is 0 Å². The second-order valence-corrected chi connectivity index (χ2v) is 10.3. The first kappa shape index (κ1) is 21.1. The average Bonchev–Trinajstić information content (AvgIpc) is 3.55. The quantitative estimate of drug-likeness (QED) is 0.431. The Hall–Kier alpha value is -0.770. The van der Waals surface area contributed by atoms with Gasteiger partial charge in [-0.3, -0.25) is 19.8 Å². The van der Waals surface area contributed by atoms with Crippen LogP contribution < -0.4 is 21.0 Å². The van der Waals surface area contributed by atoms with Crippen LogP contribution in [0.3, 0.4) is 0 Å². The lowest BCUT2D eigenvalue weighted by Gasteiger charge is -2.38. The molecule has 0 bridgehead atoms. The Balaban J connectivity index is 1.15. The van der Waals surface area contributed by atoms with Crippen molar-refractivity contribution in [1.29, 1.82) is 0 Å². The van der Waals surface area contributed by atoms with E-state index in [0.717, 1.165) is 25.9 Å². The van der Waals surface area contributed by atoms with Gasteiger partial charge in [0.2, 0.25) is 5.91 Å². The molecule has 5 fully saturated rings. The maximum atomic E-state index is 11.7. The van der Waals surface area contributed by atoms with Gasteiger partial charge in [0.15, 0.2) is 6.23 Å². The molecule has 1 amide bonds. The molecule has 5 aliphatic rings. The zero-order valence-corrected chi connectivity index (χ0v) is 18.7. The van der Waals surface area contributed by atoms with E-state index in [1.54, 1.807) is 11.8 Å². The lowest BCUT2D eigenvalue weighted by Crippen LogP contribution is -3.19. The number of piperidine rings is 2. The van der Waals surface area contributed by atoms with E-state index < -0.39 is 0 Å². The van der Waals surface area contributed by atoms with Crippen LogP contribution in [0.5, 0.6) is 0 Å². The van der Waals surface area contributed by atoms with E-state index in [1.807, 2.05) is 4.90 Å². The van der Waals surface area contributed by atoms with Crippen molar-refractivity contribution in [3.05, 3.63) is 0 Å². The SMILES string of the molecule is CC(=O)N1CCC([NH+]2CCCC2C2NC(C3CC[NH2+]C(N4CCCC4)C3)NO2)CC1. The minimum Gasteiger partial charge on any atom is -0.342 e. The summed E-state index contributed by atoms with van der Waals surface area (Å²) >= 11 is 0. The molecule has 5 saturated heterocycles. The third-order valence-electron chi connectivity index (χ3n) is 8.55. The molecular formula is C22H42N6O2+2. The third kappa shape index (κ3) is 4.40. The van der Waals surface area contributed by atoms with E-state index in [-0.39, 0.29) is 18.3 Å². The number of carbonyl (C=O) groups is 1. The topological polar surface area (TPSA) is 77.9 Å². The van der Waals surface area contributed by atoms with E-state index in [9.17, 15) is 4.79 Å². The maximum absolute atomic E-state index is 11.7. The molecule has 5 heterocycles. The molecule has 0 aromatic carbocycles. The standard InChI is InChI=1S/C22H40N6O2/c1-16(29)26-13-7-18(8-14-26)28-12-4-5-19(28)22-24-21(25-30-22)17-6-9-23-20(15-17)27-10-2-3-11-27/h17-25H,2-15H2,1H3/p+2. The number of carbonyl (C=O) groups excluding carboxylic acids is 1. The van der Waals surface area contributed by atoms with Crippen LogP contribution in [0.4, 0.5) is 0 Å². The van der Waals surface area contributed by atoms with Gasteiger partial charge in [0.05, 0.1) is 25.3 Å². The fourth-order valence-corrected chi connectivity index (χ4v) is 6.84. The molecule has 0 aromatic rings. The van der Waals surface area contributed by atoms with Gasteiger partial charge in [0.25, 0.3) is 0 Å². The molecule has 170 valence electrons. The van der Waals surface area contributed by atoms with Crippen molar-refractivity contribution in [2.75, 3.05) is 39.3 Å². The zero-order valence-electron chi connectivity index (χ0n) is 18.7. The van der Waals surface area contributed by atoms with Crippen molar-refractivity contribution >= 4 is 5.91 Å². The highest BCUT2D eigenvalue weighted by molar-refractivity contribution is 5.73. The van der Waals surface area contributed by atoms with Gasteiger partial charge in [0.1, 0.15) is 12.2 Å². The van der Waals surface area contributed by atoms with Crippen molar-refractivity contribution in [2.24, 2.45) is 5.92 Å². The highest BCUT2D eigenvalue weighted by atomic mass is 16.7. The normalized spacial score (nSPS) is 41.6.